The van der Waals surface area contributed by atoms with Gasteiger partial charge < -0.3 is 5.32 Å². The molecular formula is C21H19ClN2O3S. The Balaban J connectivity index is 1.78. The first-order valence-electron chi connectivity index (χ1n) is 8.53. The Morgan fingerprint density at radius 2 is 1.50 bits per heavy atom. The first-order valence-corrected chi connectivity index (χ1v) is 10.4. The Bertz CT molecular complexity index is 1130. The van der Waals surface area contributed by atoms with Gasteiger partial charge in [0, 0.05) is 11.3 Å². The van der Waals surface area contributed by atoms with Crippen LogP contribution in [0.1, 0.15) is 21.5 Å². The highest BCUT2D eigenvalue weighted by atomic mass is 35.5. The summed E-state index contributed by atoms with van der Waals surface area (Å²) in [5, 5.41) is 3.15. The van der Waals surface area contributed by atoms with Crippen molar-refractivity contribution in [3.8, 4) is 0 Å². The van der Waals surface area contributed by atoms with E-state index in [2.05, 4.69) is 10.0 Å². The summed E-state index contributed by atoms with van der Waals surface area (Å²) in [6.45, 7) is 3.90. The van der Waals surface area contributed by atoms with Crippen molar-refractivity contribution in [2.24, 2.45) is 0 Å². The Hall–Kier alpha value is -2.83. The van der Waals surface area contributed by atoms with Crippen molar-refractivity contribution in [2.75, 3.05) is 10.0 Å². The van der Waals surface area contributed by atoms with Gasteiger partial charge in [0.25, 0.3) is 15.9 Å². The number of aryl methyl sites for hydroxylation is 1. The van der Waals surface area contributed by atoms with E-state index in [4.69, 9.17) is 11.6 Å². The number of amides is 1. The zero-order chi connectivity index (χ0) is 20.3. The van der Waals surface area contributed by atoms with Gasteiger partial charge in [-0.05, 0) is 67.4 Å². The molecule has 7 heteroatoms. The first kappa shape index (κ1) is 19.9. The molecule has 0 aromatic heterocycles. The normalized spacial score (nSPS) is 11.1. The number of sulfonamides is 1. The maximum atomic E-state index is 12.5. The van der Waals surface area contributed by atoms with Crippen molar-refractivity contribution in [3.05, 3.63) is 88.4 Å². The van der Waals surface area contributed by atoms with E-state index in [1.54, 1.807) is 24.3 Å². The van der Waals surface area contributed by atoms with Crippen molar-refractivity contribution < 1.29 is 13.2 Å². The summed E-state index contributed by atoms with van der Waals surface area (Å²) < 4.78 is 27.5. The fourth-order valence-electron chi connectivity index (χ4n) is 2.61. The minimum Gasteiger partial charge on any atom is -0.322 e. The molecule has 0 heterocycles. The van der Waals surface area contributed by atoms with Crippen LogP contribution in [0.5, 0.6) is 0 Å². The van der Waals surface area contributed by atoms with Crippen molar-refractivity contribution in [2.45, 2.75) is 18.7 Å². The van der Waals surface area contributed by atoms with E-state index >= 15 is 0 Å². The van der Waals surface area contributed by atoms with Crippen LogP contribution in [0.25, 0.3) is 0 Å². The first-order chi connectivity index (χ1) is 13.3. The van der Waals surface area contributed by atoms with Crippen LogP contribution in [0, 0.1) is 13.8 Å². The molecule has 0 radical (unpaired) electrons. The number of anilines is 2. The maximum absolute atomic E-state index is 12.5. The predicted octanol–water partition coefficient (Wildman–Crippen LogP) is 5.01. The SMILES string of the molecule is Cc1cccc(NC(=O)c2ccc(S(=O)(=O)Nc3ccccc3Cl)cc2)c1C. The molecule has 5 nitrogen and oxygen atoms in total. The van der Waals surface area contributed by atoms with Crippen LogP contribution >= 0.6 is 11.6 Å². The third kappa shape index (κ3) is 4.35. The molecule has 1 amide bonds. The number of halogens is 1. The predicted molar refractivity (Wildman–Crippen MR) is 113 cm³/mol. The van der Waals surface area contributed by atoms with Gasteiger partial charge in [-0.3, -0.25) is 9.52 Å². The smallest absolute Gasteiger partial charge is 0.261 e. The number of carbonyl (C=O) groups is 1. The number of nitrogens with one attached hydrogen (secondary N) is 2. The molecule has 0 spiro atoms. The third-order valence-electron chi connectivity index (χ3n) is 4.40. The highest BCUT2D eigenvalue weighted by molar-refractivity contribution is 7.92. The lowest BCUT2D eigenvalue weighted by Gasteiger charge is -2.12. The van der Waals surface area contributed by atoms with Gasteiger partial charge in [-0.2, -0.15) is 0 Å². The number of hydrogen-bond acceptors (Lipinski definition) is 3. The molecule has 3 rings (SSSR count). The number of benzene rings is 3. The summed E-state index contributed by atoms with van der Waals surface area (Å²) in [7, 11) is -3.82. The van der Waals surface area contributed by atoms with Crippen molar-refractivity contribution in [1.82, 2.24) is 0 Å². The van der Waals surface area contributed by atoms with E-state index in [0.717, 1.165) is 16.8 Å². The summed E-state index contributed by atoms with van der Waals surface area (Å²) in [4.78, 5) is 12.5. The van der Waals surface area contributed by atoms with Gasteiger partial charge in [0.15, 0.2) is 0 Å². The van der Waals surface area contributed by atoms with Gasteiger partial charge in [-0.25, -0.2) is 8.42 Å². The monoisotopic (exact) mass is 414 g/mol. The zero-order valence-corrected chi connectivity index (χ0v) is 16.9. The van der Waals surface area contributed by atoms with Crippen LogP contribution in [-0.4, -0.2) is 14.3 Å². The van der Waals surface area contributed by atoms with Gasteiger partial charge in [0.05, 0.1) is 15.6 Å². The minimum absolute atomic E-state index is 0.0377. The summed E-state index contributed by atoms with van der Waals surface area (Å²) in [6, 6.07) is 18.0. The zero-order valence-electron chi connectivity index (χ0n) is 15.4. The standard InChI is InChI=1S/C21H19ClN2O3S/c1-14-6-5-9-19(15(14)2)23-21(25)16-10-12-17(13-11-16)28(26,27)24-20-8-4-3-7-18(20)22/h3-13,24H,1-2H3,(H,23,25). The molecule has 0 saturated carbocycles. The van der Waals surface area contributed by atoms with Crippen LogP contribution in [0.4, 0.5) is 11.4 Å². The average molecular weight is 415 g/mol. The molecule has 144 valence electrons. The molecule has 3 aromatic carbocycles. The molecule has 0 unspecified atom stereocenters. The molecule has 0 saturated heterocycles. The maximum Gasteiger partial charge on any atom is 0.261 e. The topological polar surface area (TPSA) is 75.3 Å². The number of para-hydroxylation sites is 1. The van der Waals surface area contributed by atoms with Gasteiger partial charge in [-0.1, -0.05) is 35.9 Å². The van der Waals surface area contributed by atoms with Crippen molar-refractivity contribution >= 4 is 38.9 Å². The molecular weight excluding hydrogens is 396 g/mol. The Labute approximate surface area is 169 Å². The number of rotatable bonds is 5. The molecule has 28 heavy (non-hydrogen) atoms. The van der Waals surface area contributed by atoms with E-state index in [-0.39, 0.29) is 10.8 Å². The summed E-state index contributed by atoms with van der Waals surface area (Å²) in [5.74, 6) is -0.309. The lowest BCUT2D eigenvalue weighted by atomic mass is 10.1. The van der Waals surface area contributed by atoms with Gasteiger partial charge >= 0.3 is 0 Å². The van der Waals surface area contributed by atoms with Crippen LogP contribution in [0.15, 0.2) is 71.6 Å². The summed E-state index contributed by atoms with van der Waals surface area (Å²) >= 11 is 6.01. The van der Waals surface area contributed by atoms with Gasteiger partial charge in [0.1, 0.15) is 0 Å². The summed E-state index contributed by atoms with van der Waals surface area (Å²) in [6.07, 6.45) is 0. The van der Waals surface area contributed by atoms with E-state index in [9.17, 15) is 13.2 Å². The van der Waals surface area contributed by atoms with E-state index in [1.807, 2.05) is 32.0 Å². The third-order valence-corrected chi connectivity index (χ3v) is 6.11. The quantitative estimate of drug-likeness (QED) is 0.616. The van der Waals surface area contributed by atoms with Crippen molar-refractivity contribution in [1.29, 1.82) is 0 Å². The molecule has 0 atom stereocenters. The Kier molecular flexibility index (Phi) is 5.72. The highest BCUT2D eigenvalue weighted by Crippen LogP contribution is 2.24. The molecule has 0 aliphatic rings. The Morgan fingerprint density at radius 1 is 0.857 bits per heavy atom. The van der Waals surface area contributed by atoms with Crippen LogP contribution in [0.3, 0.4) is 0 Å². The van der Waals surface area contributed by atoms with Gasteiger partial charge in [-0.15, -0.1) is 0 Å². The second-order valence-electron chi connectivity index (χ2n) is 6.31. The molecule has 0 aliphatic carbocycles. The average Bonchev–Trinajstić information content (AvgIpc) is 2.67. The second kappa shape index (κ2) is 8.04. The molecule has 2 N–H and O–H groups in total. The van der Waals surface area contributed by atoms with Crippen molar-refractivity contribution in [3.63, 3.8) is 0 Å². The molecule has 0 bridgehead atoms. The minimum atomic E-state index is -3.82. The lowest BCUT2D eigenvalue weighted by Crippen LogP contribution is -2.15. The van der Waals surface area contributed by atoms with Crippen LogP contribution in [-0.2, 0) is 10.0 Å². The lowest BCUT2D eigenvalue weighted by molar-refractivity contribution is 0.102. The van der Waals surface area contributed by atoms with Crippen LogP contribution < -0.4 is 10.0 Å². The van der Waals surface area contributed by atoms with E-state index in [1.165, 1.54) is 24.3 Å². The molecule has 3 aromatic rings. The van der Waals surface area contributed by atoms with Crippen LogP contribution in [0.2, 0.25) is 5.02 Å². The summed E-state index contributed by atoms with van der Waals surface area (Å²) in [5.41, 5.74) is 3.43. The highest BCUT2D eigenvalue weighted by Gasteiger charge is 2.17. The fraction of sp³-hybridized carbons (Fsp3) is 0.0952. The fourth-order valence-corrected chi connectivity index (χ4v) is 3.93. The van der Waals surface area contributed by atoms with Gasteiger partial charge in [0.2, 0.25) is 0 Å². The largest absolute Gasteiger partial charge is 0.322 e. The number of carbonyl (C=O) groups excluding carboxylic acids is 1. The Morgan fingerprint density at radius 3 is 2.18 bits per heavy atom. The second-order valence-corrected chi connectivity index (χ2v) is 8.40. The molecule has 0 aliphatic heterocycles. The van der Waals surface area contributed by atoms with E-state index in [0.29, 0.717) is 16.3 Å². The number of hydrogen-bond donors (Lipinski definition) is 2. The molecule has 0 fully saturated rings. The van der Waals surface area contributed by atoms with E-state index < -0.39 is 10.0 Å².